The summed E-state index contributed by atoms with van der Waals surface area (Å²) >= 11 is 5.34. The molecule has 1 unspecified atom stereocenters. The summed E-state index contributed by atoms with van der Waals surface area (Å²) in [6.45, 7) is 2.72. The van der Waals surface area contributed by atoms with Gasteiger partial charge in [-0.05, 0) is 61.8 Å². The first-order valence-corrected chi connectivity index (χ1v) is 10.8. The van der Waals surface area contributed by atoms with E-state index in [-0.39, 0.29) is 24.3 Å². The van der Waals surface area contributed by atoms with E-state index in [4.69, 9.17) is 21.7 Å². The number of hydrogen-bond donors (Lipinski definition) is 2. The van der Waals surface area contributed by atoms with Crippen LogP contribution in [0, 0.1) is 4.77 Å². The van der Waals surface area contributed by atoms with Crippen LogP contribution in [0.3, 0.4) is 0 Å². The summed E-state index contributed by atoms with van der Waals surface area (Å²) in [7, 11) is 0. The number of fused-ring (bicyclic) bond motifs is 2. The van der Waals surface area contributed by atoms with Crippen molar-refractivity contribution < 1.29 is 14.3 Å². The number of amides is 1. The molecule has 1 aliphatic rings. The van der Waals surface area contributed by atoms with Gasteiger partial charge in [0.15, 0.2) is 16.3 Å². The quantitative estimate of drug-likeness (QED) is 0.405. The highest BCUT2D eigenvalue weighted by Gasteiger charge is 2.16. The fourth-order valence-electron chi connectivity index (χ4n) is 3.71. The lowest BCUT2D eigenvalue weighted by molar-refractivity contribution is -0.121. The first kappa shape index (κ1) is 21.1. The van der Waals surface area contributed by atoms with Crippen LogP contribution in [0.4, 0.5) is 0 Å². The van der Waals surface area contributed by atoms with Crippen molar-refractivity contribution in [2.24, 2.45) is 0 Å². The molecule has 162 valence electrons. The van der Waals surface area contributed by atoms with Gasteiger partial charge in [-0.3, -0.25) is 14.2 Å². The zero-order valence-corrected chi connectivity index (χ0v) is 18.2. The molecule has 2 N–H and O–H groups in total. The molecule has 0 bridgehead atoms. The first-order chi connectivity index (χ1) is 15.0. The topological polar surface area (TPSA) is 85.4 Å². The molecule has 0 fully saturated rings. The second-order valence-electron chi connectivity index (χ2n) is 7.65. The standard InChI is InChI=1S/C23H25N3O4S/c1-15(16-10-11-19-20(13-16)30-14-29-19)24-21(27)9-3-2-6-12-26-22(28)17-7-4-5-8-18(17)25-23(26)31/h4-5,7-8,10-11,13,15H,2-3,6,9,12,14H2,1H3,(H,24,27)(H,25,31). The fraction of sp³-hybridized carbons (Fsp3) is 0.348. The van der Waals surface area contributed by atoms with Gasteiger partial charge < -0.3 is 19.8 Å². The summed E-state index contributed by atoms with van der Waals surface area (Å²) in [5.41, 5.74) is 1.65. The van der Waals surface area contributed by atoms with E-state index < -0.39 is 0 Å². The van der Waals surface area contributed by atoms with Gasteiger partial charge >= 0.3 is 0 Å². The summed E-state index contributed by atoms with van der Waals surface area (Å²) in [6.07, 6.45) is 2.80. The van der Waals surface area contributed by atoms with Crippen LogP contribution in [0.2, 0.25) is 0 Å². The zero-order valence-electron chi connectivity index (χ0n) is 17.3. The second kappa shape index (κ2) is 9.34. The van der Waals surface area contributed by atoms with Crippen LogP contribution in [0.5, 0.6) is 11.5 Å². The minimum atomic E-state index is -0.114. The van der Waals surface area contributed by atoms with Gasteiger partial charge in [-0.2, -0.15) is 0 Å². The van der Waals surface area contributed by atoms with Gasteiger partial charge in [0.05, 0.1) is 16.9 Å². The molecule has 3 aromatic rings. The number of benzene rings is 2. The summed E-state index contributed by atoms with van der Waals surface area (Å²) in [5, 5.41) is 3.65. The van der Waals surface area contributed by atoms with Crippen molar-refractivity contribution in [3.63, 3.8) is 0 Å². The molecule has 31 heavy (non-hydrogen) atoms. The third-order valence-electron chi connectivity index (χ3n) is 5.45. The first-order valence-electron chi connectivity index (χ1n) is 10.4. The Morgan fingerprint density at radius 2 is 1.97 bits per heavy atom. The third-order valence-corrected chi connectivity index (χ3v) is 5.77. The van der Waals surface area contributed by atoms with Crippen molar-refractivity contribution in [3.05, 3.63) is 63.2 Å². The minimum absolute atomic E-state index is 0.00494. The Labute approximate surface area is 185 Å². The number of nitrogens with one attached hydrogen (secondary N) is 2. The van der Waals surface area contributed by atoms with Crippen molar-refractivity contribution in [3.8, 4) is 11.5 Å². The molecule has 1 aromatic heterocycles. The number of rotatable bonds is 8. The molecule has 2 aromatic carbocycles. The molecule has 4 rings (SSSR count). The monoisotopic (exact) mass is 439 g/mol. The smallest absolute Gasteiger partial charge is 0.262 e. The number of nitrogens with zero attached hydrogens (tertiary/aromatic N) is 1. The number of hydrogen-bond acceptors (Lipinski definition) is 5. The van der Waals surface area contributed by atoms with Crippen molar-refractivity contribution >= 4 is 29.0 Å². The van der Waals surface area contributed by atoms with E-state index in [2.05, 4.69) is 10.3 Å². The lowest BCUT2D eigenvalue weighted by Gasteiger charge is -2.15. The normalized spacial score (nSPS) is 13.3. The Bertz CT molecular complexity index is 1220. The van der Waals surface area contributed by atoms with Crippen LogP contribution in [-0.4, -0.2) is 22.3 Å². The van der Waals surface area contributed by atoms with Gasteiger partial charge in [0, 0.05) is 13.0 Å². The predicted octanol–water partition coefficient (Wildman–Crippen LogP) is 4.23. The predicted molar refractivity (Wildman–Crippen MR) is 121 cm³/mol. The molecule has 7 nitrogen and oxygen atoms in total. The second-order valence-corrected chi connectivity index (χ2v) is 8.03. The highest BCUT2D eigenvalue weighted by molar-refractivity contribution is 7.71. The lowest BCUT2D eigenvalue weighted by atomic mass is 10.1. The van der Waals surface area contributed by atoms with E-state index in [1.54, 1.807) is 10.6 Å². The summed E-state index contributed by atoms with van der Waals surface area (Å²) in [6, 6.07) is 12.9. The number of carbonyl (C=O) groups is 1. The summed E-state index contributed by atoms with van der Waals surface area (Å²) in [5.74, 6) is 1.44. The molecular weight excluding hydrogens is 414 g/mol. The van der Waals surface area contributed by atoms with Gasteiger partial charge in [0.25, 0.3) is 5.56 Å². The molecule has 1 aliphatic heterocycles. The van der Waals surface area contributed by atoms with E-state index in [9.17, 15) is 9.59 Å². The molecule has 0 saturated heterocycles. The Morgan fingerprint density at radius 1 is 1.16 bits per heavy atom. The number of para-hydroxylation sites is 1. The number of aromatic amines is 1. The average Bonchev–Trinajstić information content (AvgIpc) is 3.23. The van der Waals surface area contributed by atoms with Crippen LogP contribution in [0.25, 0.3) is 10.9 Å². The third kappa shape index (κ3) is 4.80. The summed E-state index contributed by atoms with van der Waals surface area (Å²) in [4.78, 5) is 28.1. The van der Waals surface area contributed by atoms with E-state index in [1.807, 2.05) is 43.3 Å². The number of H-pyrrole nitrogens is 1. The Morgan fingerprint density at radius 3 is 2.84 bits per heavy atom. The fourth-order valence-corrected chi connectivity index (χ4v) is 4.00. The van der Waals surface area contributed by atoms with E-state index in [1.165, 1.54) is 0 Å². The van der Waals surface area contributed by atoms with Crippen LogP contribution >= 0.6 is 12.2 Å². The van der Waals surface area contributed by atoms with Crippen molar-refractivity contribution in [1.29, 1.82) is 0 Å². The molecule has 1 atom stereocenters. The molecule has 1 amide bonds. The highest BCUT2D eigenvalue weighted by Crippen LogP contribution is 2.34. The van der Waals surface area contributed by atoms with Gasteiger partial charge in [-0.15, -0.1) is 0 Å². The zero-order chi connectivity index (χ0) is 21.8. The van der Waals surface area contributed by atoms with Gasteiger partial charge in [-0.25, -0.2) is 0 Å². The Balaban J connectivity index is 1.24. The van der Waals surface area contributed by atoms with Crippen LogP contribution in [-0.2, 0) is 11.3 Å². The van der Waals surface area contributed by atoms with E-state index >= 15 is 0 Å². The molecular formula is C23H25N3O4S. The van der Waals surface area contributed by atoms with E-state index in [0.29, 0.717) is 28.9 Å². The molecule has 0 saturated carbocycles. The number of unbranched alkanes of at least 4 members (excludes halogenated alkanes) is 2. The largest absolute Gasteiger partial charge is 0.454 e. The van der Waals surface area contributed by atoms with E-state index in [0.717, 1.165) is 36.1 Å². The molecule has 0 aliphatic carbocycles. The average molecular weight is 440 g/mol. The minimum Gasteiger partial charge on any atom is -0.454 e. The van der Waals surface area contributed by atoms with Crippen LogP contribution < -0.4 is 20.3 Å². The SMILES string of the molecule is CC(NC(=O)CCCCCn1c(=S)[nH]c2ccccc2c1=O)c1ccc2c(c1)OCO2. The summed E-state index contributed by atoms with van der Waals surface area (Å²) < 4.78 is 12.7. The maximum Gasteiger partial charge on any atom is 0.262 e. The van der Waals surface area contributed by atoms with Crippen LogP contribution in [0.15, 0.2) is 47.3 Å². The Hall–Kier alpha value is -3.13. The van der Waals surface area contributed by atoms with Gasteiger partial charge in [0.1, 0.15) is 0 Å². The molecule has 2 heterocycles. The van der Waals surface area contributed by atoms with Crippen molar-refractivity contribution in [2.75, 3.05) is 6.79 Å². The van der Waals surface area contributed by atoms with Gasteiger partial charge in [-0.1, -0.05) is 24.6 Å². The van der Waals surface area contributed by atoms with Crippen molar-refractivity contribution in [2.45, 2.75) is 45.2 Å². The Kier molecular flexibility index (Phi) is 6.36. The van der Waals surface area contributed by atoms with Crippen LogP contribution in [0.1, 0.15) is 44.2 Å². The lowest BCUT2D eigenvalue weighted by Crippen LogP contribution is -2.26. The highest BCUT2D eigenvalue weighted by atomic mass is 32.1. The molecule has 8 heteroatoms. The molecule has 0 spiro atoms. The number of carbonyl (C=O) groups excluding carboxylic acids is 1. The molecule has 0 radical (unpaired) electrons. The maximum atomic E-state index is 12.6. The number of ether oxygens (including phenoxy) is 2. The maximum absolute atomic E-state index is 12.6. The van der Waals surface area contributed by atoms with Crippen molar-refractivity contribution in [1.82, 2.24) is 14.9 Å². The van der Waals surface area contributed by atoms with Gasteiger partial charge in [0.2, 0.25) is 12.7 Å². The number of aromatic nitrogens is 2.